The summed E-state index contributed by atoms with van der Waals surface area (Å²) in [4.78, 5) is 2.46. The van der Waals surface area contributed by atoms with Crippen LogP contribution in [0.25, 0.3) is 83.5 Å². The van der Waals surface area contributed by atoms with E-state index in [4.69, 9.17) is 4.42 Å². The Morgan fingerprint density at radius 1 is 0.373 bits per heavy atom. The molecule has 0 bridgehead atoms. The minimum absolute atomic E-state index is 0.141. The zero-order valence-electron chi connectivity index (χ0n) is 38.1. The standard InChI is InChI=1S/C64H48N2O/c1-63(2)54-26-16-14-24-49(54)50-35-33-47(39-55(50)63)65(46-31-28-41(29-32-46)44-30-37-58-53(38-44)51-25-15-17-27-57(51)66(58)45-22-12-7-13-23-45)48-34-36-52-56(40-48)64(3,4)60-59(52)61(42-18-8-5-9-19-42)67-62(60)43-20-10-6-11-21-43/h5-40H,1-4H3. The number of furan rings is 1. The zero-order chi connectivity index (χ0) is 45.0. The van der Waals surface area contributed by atoms with Crippen LogP contribution in [0.15, 0.2) is 223 Å². The number of aromatic nitrogens is 1. The summed E-state index contributed by atoms with van der Waals surface area (Å²) in [6, 6.07) is 79.8. The molecular weight excluding hydrogens is 813 g/mol. The lowest BCUT2D eigenvalue weighted by Gasteiger charge is -2.30. The predicted octanol–water partition coefficient (Wildman–Crippen LogP) is 17.5. The summed E-state index contributed by atoms with van der Waals surface area (Å²) >= 11 is 0. The molecular formula is C64H48N2O. The summed E-state index contributed by atoms with van der Waals surface area (Å²) in [6.07, 6.45) is 0. The van der Waals surface area contributed by atoms with Crippen LogP contribution >= 0.6 is 0 Å². The second-order valence-electron chi connectivity index (χ2n) is 19.3. The van der Waals surface area contributed by atoms with Crippen LogP contribution in [0, 0.1) is 0 Å². The Morgan fingerprint density at radius 2 is 0.910 bits per heavy atom. The van der Waals surface area contributed by atoms with Crippen LogP contribution in [0.3, 0.4) is 0 Å². The monoisotopic (exact) mass is 860 g/mol. The minimum Gasteiger partial charge on any atom is -0.455 e. The molecule has 2 heterocycles. The van der Waals surface area contributed by atoms with E-state index in [9.17, 15) is 0 Å². The first-order chi connectivity index (χ1) is 32.8. The van der Waals surface area contributed by atoms with Gasteiger partial charge in [-0.25, -0.2) is 0 Å². The van der Waals surface area contributed by atoms with Crippen molar-refractivity contribution >= 4 is 38.9 Å². The van der Waals surface area contributed by atoms with Gasteiger partial charge in [-0.3, -0.25) is 0 Å². The maximum Gasteiger partial charge on any atom is 0.142 e. The Hall–Kier alpha value is -8.14. The van der Waals surface area contributed by atoms with Crippen molar-refractivity contribution in [1.29, 1.82) is 0 Å². The summed E-state index contributed by atoms with van der Waals surface area (Å²) in [5.74, 6) is 1.86. The van der Waals surface area contributed by atoms with Crippen molar-refractivity contribution in [2.45, 2.75) is 38.5 Å². The van der Waals surface area contributed by atoms with Crippen molar-refractivity contribution in [2.24, 2.45) is 0 Å². The summed E-state index contributed by atoms with van der Waals surface area (Å²) in [7, 11) is 0. The number of fused-ring (bicyclic) bond motifs is 9. The second-order valence-corrected chi connectivity index (χ2v) is 19.3. The Bertz CT molecular complexity index is 3720. The molecule has 2 aliphatic rings. The lowest BCUT2D eigenvalue weighted by atomic mass is 9.81. The molecule has 67 heavy (non-hydrogen) atoms. The summed E-state index contributed by atoms with van der Waals surface area (Å²) < 4.78 is 9.34. The fourth-order valence-corrected chi connectivity index (χ4v) is 11.5. The fourth-order valence-electron chi connectivity index (χ4n) is 11.5. The molecule has 0 fully saturated rings. The average Bonchev–Trinajstić information content (AvgIpc) is 4.07. The van der Waals surface area contributed by atoms with Crippen LogP contribution in [0.2, 0.25) is 0 Å². The first kappa shape index (κ1) is 39.2. The van der Waals surface area contributed by atoms with Gasteiger partial charge in [0.1, 0.15) is 11.5 Å². The molecule has 13 rings (SSSR count). The minimum atomic E-state index is -0.345. The molecule has 320 valence electrons. The quantitative estimate of drug-likeness (QED) is 0.159. The molecule has 3 nitrogen and oxygen atoms in total. The van der Waals surface area contributed by atoms with Crippen LogP contribution in [0.5, 0.6) is 0 Å². The zero-order valence-corrected chi connectivity index (χ0v) is 38.1. The van der Waals surface area contributed by atoms with Crippen molar-refractivity contribution in [3.05, 3.63) is 241 Å². The number of nitrogens with zero attached hydrogens (tertiary/aromatic N) is 2. The van der Waals surface area contributed by atoms with Crippen molar-refractivity contribution in [3.8, 4) is 61.7 Å². The van der Waals surface area contributed by atoms with Crippen molar-refractivity contribution in [3.63, 3.8) is 0 Å². The molecule has 2 aliphatic carbocycles. The van der Waals surface area contributed by atoms with Gasteiger partial charge in [-0.2, -0.15) is 0 Å². The van der Waals surface area contributed by atoms with E-state index in [0.717, 1.165) is 45.4 Å². The Kier molecular flexibility index (Phi) is 8.60. The van der Waals surface area contributed by atoms with E-state index in [-0.39, 0.29) is 10.8 Å². The number of para-hydroxylation sites is 2. The maximum atomic E-state index is 6.96. The lowest BCUT2D eigenvalue weighted by molar-refractivity contribution is 0.575. The highest BCUT2D eigenvalue weighted by atomic mass is 16.3. The van der Waals surface area contributed by atoms with Crippen molar-refractivity contribution in [2.75, 3.05) is 4.90 Å². The molecule has 0 radical (unpaired) electrons. The Morgan fingerprint density at radius 3 is 1.63 bits per heavy atom. The van der Waals surface area contributed by atoms with Crippen molar-refractivity contribution in [1.82, 2.24) is 4.57 Å². The number of benzene rings is 9. The van der Waals surface area contributed by atoms with E-state index >= 15 is 0 Å². The molecule has 0 N–H and O–H groups in total. The van der Waals surface area contributed by atoms with Crippen LogP contribution in [0.1, 0.15) is 49.9 Å². The van der Waals surface area contributed by atoms with E-state index in [0.29, 0.717) is 0 Å². The molecule has 0 amide bonds. The number of anilines is 3. The van der Waals surface area contributed by atoms with Crippen LogP contribution in [-0.2, 0) is 10.8 Å². The van der Waals surface area contributed by atoms with Gasteiger partial charge in [0, 0.05) is 66.6 Å². The highest BCUT2D eigenvalue weighted by Crippen LogP contribution is 2.59. The van der Waals surface area contributed by atoms with Gasteiger partial charge in [-0.15, -0.1) is 0 Å². The Labute approximate surface area is 391 Å². The van der Waals surface area contributed by atoms with Crippen molar-refractivity contribution < 1.29 is 4.42 Å². The van der Waals surface area contributed by atoms with Gasteiger partial charge in [-0.05, 0) is 111 Å². The third-order valence-corrected chi connectivity index (χ3v) is 14.8. The van der Waals surface area contributed by atoms with E-state index < -0.39 is 0 Å². The smallest absolute Gasteiger partial charge is 0.142 e. The SMILES string of the molecule is CC1(C)c2ccccc2-c2ccc(N(c3ccc(-c4ccc5c(c4)c4ccccc4n5-c4ccccc4)cc3)c3ccc4c(c3)C(C)(C)c3c(-c5ccccc5)oc(-c5ccccc5)c3-4)cc21. The van der Waals surface area contributed by atoms with Gasteiger partial charge in [0.25, 0.3) is 0 Å². The van der Waals surface area contributed by atoms with Gasteiger partial charge in [0.15, 0.2) is 0 Å². The molecule has 3 heteroatoms. The van der Waals surface area contributed by atoms with E-state index in [2.05, 4.69) is 256 Å². The molecule has 0 saturated carbocycles. The first-order valence-electron chi connectivity index (χ1n) is 23.4. The molecule has 9 aromatic carbocycles. The van der Waals surface area contributed by atoms with Crippen LogP contribution < -0.4 is 4.90 Å². The molecule has 0 unspecified atom stereocenters. The van der Waals surface area contributed by atoms with Gasteiger partial charge < -0.3 is 13.9 Å². The summed E-state index contributed by atoms with van der Waals surface area (Å²) in [5.41, 5.74) is 21.3. The van der Waals surface area contributed by atoms with Crippen LogP contribution in [0.4, 0.5) is 17.1 Å². The lowest BCUT2D eigenvalue weighted by Crippen LogP contribution is -2.18. The van der Waals surface area contributed by atoms with Gasteiger partial charge in [0.2, 0.25) is 0 Å². The molecule has 2 aromatic heterocycles. The largest absolute Gasteiger partial charge is 0.455 e. The molecule has 0 atom stereocenters. The average molecular weight is 861 g/mol. The normalized spacial score (nSPS) is 13.9. The number of hydrogen-bond acceptors (Lipinski definition) is 2. The van der Waals surface area contributed by atoms with Crippen LogP contribution in [-0.4, -0.2) is 4.57 Å². The third-order valence-electron chi connectivity index (χ3n) is 14.8. The first-order valence-corrected chi connectivity index (χ1v) is 23.4. The van der Waals surface area contributed by atoms with Gasteiger partial charge >= 0.3 is 0 Å². The molecule has 0 saturated heterocycles. The number of hydrogen-bond donors (Lipinski definition) is 0. The Balaban J connectivity index is 0.960. The molecule has 11 aromatic rings. The van der Waals surface area contributed by atoms with E-state index in [1.54, 1.807) is 0 Å². The highest BCUT2D eigenvalue weighted by Gasteiger charge is 2.43. The molecule has 0 aliphatic heterocycles. The number of rotatable bonds is 7. The fraction of sp³-hybridized carbons (Fsp3) is 0.0938. The maximum absolute atomic E-state index is 6.96. The summed E-state index contributed by atoms with van der Waals surface area (Å²) in [5, 5.41) is 2.50. The topological polar surface area (TPSA) is 21.3 Å². The predicted molar refractivity (Wildman–Crippen MR) is 279 cm³/mol. The van der Waals surface area contributed by atoms with E-state index in [1.807, 2.05) is 0 Å². The van der Waals surface area contributed by atoms with E-state index in [1.165, 1.54) is 77.4 Å². The van der Waals surface area contributed by atoms with Gasteiger partial charge in [-0.1, -0.05) is 179 Å². The second kappa shape index (κ2) is 14.7. The summed E-state index contributed by atoms with van der Waals surface area (Å²) in [6.45, 7) is 9.45. The van der Waals surface area contributed by atoms with Gasteiger partial charge in [0.05, 0.1) is 11.0 Å². The third kappa shape index (κ3) is 5.90. The highest BCUT2D eigenvalue weighted by molar-refractivity contribution is 6.10. The molecule has 0 spiro atoms.